The minimum absolute atomic E-state index is 0.205. The van der Waals surface area contributed by atoms with Gasteiger partial charge in [-0.15, -0.1) is 0 Å². The van der Waals surface area contributed by atoms with Gasteiger partial charge < -0.3 is 24.5 Å². The molecule has 12 nitrogen and oxygen atoms in total. The Balaban J connectivity index is 1.33. The molecule has 1 saturated heterocycles. The Labute approximate surface area is 337 Å². The number of anilines is 2. The van der Waals surface area contributed by atoms with E-state index in [1.807, 2.05) is 48.5 Å². The third kappa shape index (κ3) is 9.51. The molecule has 0 aliphatic carbocycles. The van der Waals surface area contributed by atoms with Crippen molar-refractivity contribution in [3.8, 4) is 5.75 Å². The first-order chi connectivity index (χ1) is 27.7. The Hall–Kier alpha value is -5.32. The van der Waals surface area contributed by atoms with E-state index in [0.29, 0.717) is 36.2 Å². The number of carbonyl (C=O) groups is 2. The van der Waals surface area contributed by atoms with Crippen LogP contribution in [0.1, 0.15) is 77.0 Å². The fourth-order valence-corrected chi connectivity index (χ4v) is 12.3. The van der Waals surface area contributed by atoms with E-state index in [4.69, 9.17) is 9.16 Å². The summed E-state index contributed by atoms with van der Waals surface area (Å²) in [6, 6.07) is 26.9. The van der Waals surface area contributed by atoms with Crippen LogP contribution in [0.2, 0.25) is 5.04 Å². The molecule has 58 heavy (non-hydrogen) atoms. The summed E-state index contributed by atoms with van der Waals surface area (Å²) < 4.78 is 57.3. The topological polar surface area (TPSA) is 142 Å². The highest BCUT2D eigenvalue weighted by molar-refractivity contribution is 6.99. The number of esters is 1. The second kappa shape index (κ2) is 18.1. The molecule has 2 aromatic heterocycles. The smallest absolute Gasteiger partial charge is 0.491 e. The summed E-state index contributed by atoms with van der Waals surface area (Å²) in [5.41, 5.74) is 2.76. The van der Waals surface area contributed by atoms with Crippen LogP contribution in [-0.2, 0) is 20.5 Å². The highest BCUT2D eigenvalue weighted by atomic mass is 28.4. The van der Waals surface area contributed by atoms with Crippen LogP contribution in [0.3, 0.4) is 0 Å². The van der Waals surface area contributed by atoms with Crippen LogP contribution in [0, 0.1) is 0 Å². The average Bonchev–Trinajstić information content (AvgIpc) is 3.88. The van der Waals surface area contributed by atoms with Gasteiger partial charge in [-0.25, -0.2) is 14.6 Å². The number of fused-ring (bicyclic) bond motifs is 1. The molecular weight excluding hydrogens is 768 g/mol. The normalized spacial score (nSPS) is 15.3. The molecule has 1 aliphatic rings. The monoisotopic (exact) mass is 817 g/mol. The minimum atomic E-state index is -5.37. The van der Waals surface area contributed by atoms with E-state index in [9.17, 15) is 22.8 Å². The Morgan fingerprint density at radius 2 is 1.67 bits per heavy atom. The number of carbonyl (C=O) groups excluding carboxylic acids is 2. The summed E-state index contributed by atoms with van der Waals surface area (Å²) in [6.45, 7) is 10.3. The maximum absolute atomic E-state index is 12.9. The Kier molecular flexibility index (Phi) is 13.2. The van der Waals surface area contributed by atoms with Gasteiger partial charge in [-0.2, -0.15) is 23.3 Å². The molecule has 2 atom stereocenters. The third-order valence-corrected chi connectivity index (χ3v) is 15.4. The highest BCUT2D eigenvalue weighted by Crippen LogP contribution is 2.37. The first-order valence-electron chi connectivity index (χ1n) is 19.5. The first-order valence-corrected chi connectivity index (χ1v) is 21.4. The number of rotatable bonds is 15. The predicted octanol–water partition coefficient (Wildman–Crippen LogP) is 7.49. The van der Waals surface area contributed by atoms with Gasteiger partial charge in [-0.3, -0.25) is 10.00 Å². The Bertz CT molecular complexity index is 2140. The van der Waals surface area contributed by atoms with Crippen molar-refractivity contribution in [3.05, 3.63) is 96.2 Å². The van der Waals surface area contributed by atoms with Gasteiger partial charge in [0.1, 0.15) is 16.8 Å². The maximum Gasteiger partial charge on any atom is 0.491 e. The summed E-state index contributed by atoms with van der Waals surface area (Å²) in [6.07, 6.45) is -1.36. The van der Waals surface area contributed by atoms with Crippen LogP contribution >= 0.6 is 0 Å². The lowest BCUT2D eigenvalue weighted by molar-refractivity contribution is -0.192. The van der Waals surface area contributed by atoms with Crippen LogP contribution in [0.15, 0.2) is 85.1 Å². The lowest BCUT2D eigenvalue weighted by Gasteiger charge is -2.43. The van der Waals surface area contributed by atoms with E-state index >= 15 is 0 Å². The second-order valence-electron chi connectivity index (χ2n) is 15.4. The molecule has 3 heterocycles. The molecule has 0 bridgehead atoms. The Morgan fingerprint density at radius 1 is 0.983 bits per heavy atom. The molecule has 0 spiro atoms. The number of hydrogen-bond acceptors (Lipinski definition) is 10. The molecule has 3 aromatic carbocycles. The van der Waals surface area contributed by atoms with Crippen LogP contribution in [0.4, 0.5) is 29.7 Å². The molecule has 1 aliphatic heterocycles. The molecule has 6 rings (SSSR count). The van der Waals surface area contributed by atoms with Crippen molar-refractivity contribution < 1.29 is 36.7 Å². The number of ether oxygens (including phenoxy) is 2. The number of nitrogens with one attached hydrogen (secondary N) is 3. The standard InChI is InChI=1S/C42H50F3N7O5Si/c1-6-14-30(22-24-56-58(41(2,3)4,31-15-9-7-10-16-31)32-17-11-8-12-18-32)48-37-36-34(49-39(50-37)51-40(54)57-38(53)42(43,44)45)26-47-52(36)27-29-21-20-28(25-35(29)55-5)33-19-13-23-46-33/h7-12,15-18,20-21,25-26,30,33,46H,6,13-14,19,22-24,27H2,1-5H3,(H2,48,49,50,51,54)/t30-,33?/m0/s1. The predicted molar refractivity (Wildman–Crippen MR) is 219 cm³/mol. The van der Waals surface area contributed by atoms with Crippen LogP contribution in [-0.4, -0.2) is 72.6 Å². The largest absolute Gasteiger partial charge is 0.496 e. The van der Waals surface area contributed by atoms with Crippen molar-refractivity contribution in [1.82, 2.24) is 25.1 Å². The fourth-order valence-electron chi connectivity index (χ4n) is 7.72. The van der Waals surface area contributed by atoms with Gasteiger partial charge in [0.15, 0.2) is 5.82 Å². The van der Waals surface area contributed by atoms with Crippen LogP contribution < -0.4 is 31.1 Å². The van der Waals surface area contributed by atoms with Gasteiger partial charge in [0.25, 0.3) is 8.32 Å². The van der Waals surface area contributed by atoms with E-state index in [1.165, 1.54) is 6.20 Å². The highest BCUT2D eigenvalue weighted by Gasteiger charge is 2.50. The summed E-state index contributed by atoms with van der Waals surface area (Å²) in [5, 5.41) is 15.8. The first kappa shape index (κ1) is 42.3. The maximum atomic E-state index is 12.9. The van der Waals surface area contributed by atoms with Crippen molar-refractivity contribution in [1.29, 1.82) is 0 Å². The summed E-state index contributed by atoms with van der Waals surface area (Å²) in [4.78, 5) is 32.7. The summed E-state index contributed by atoms with van der Waals surface area (Å²) in [5.74, 6) is -2.08. The van der Waals surface area contributed by atoms with E-state index in [0.717, 1.165) is 47.3 Å². The molecule has 308 valence electrons. The average molecular weight is 818 g/mol. The van der Waals surface area contributed by atoms with E-state index in [2.05, 4.69) is 93.8 Å². The van der Waals surface area contributed by atoms with Crippen LogP contribution in [0.25, 0.3) is 11.0 Å². The number of aromatic nitrogens is 4. The van der Waals surface area contributed by atoms with Gasteiger partial charge in [0.2, 0.25) is 5.95 Å². The SMILES string of the molecule is CCC[C@@H](CCO[Si](c1ccccc1)(c1ccccc1)C(C)(C)C)Nc1nc(NC(=O)OC(=O)C(F)(F)F)nc2cnn(Cc3ccc(C4CCCN4)cc3OC)c12. The van der Waals surface area contributed by atoms with Crippen molar-refractivity contribution in [3.63, 3.8) is 0 Å². The van der Waals surface area contributed by atoms with Gasteiger partial charge >= 0.3 is 18.2 Å². The quantitative estimate of drug-likeness (QED) is 0.0553. The van der Waals surface area contributed by atoms with Crippen molar-refractivity contribution in [2.75, 3.05) is 30.9 Å². The van der Waals surface area contributed by atoms with E-state index in [1.54, 1.807) is 11.8 Å². The fraction of sp³-hybridized carbons (Fsp3) is 0.405. The molecule has 1 fully saturated rings. The summed E-state index contributed by atoms with van der Waals surface area (Å²) in [7, 11) is -1.23. The molecule has 5 aromatic rings. The third-order valence-electron chi connectivity index (χ3n) is 10.4. The molecular formula is C42H50F3N7O5Si. The van der Waals surface area contributed by atoms with Gasteiger partial charge in [-0.1, -0.05) is 107 Å². The van der Waals surface area contributed by atoms with Crippen molar-refractivity contribution in [2.24, 2.45) is 0 Å². The Morgan fingerprint density at radius 3 is 2.26 bits per heavy atom. The number of nitrogens with zero attached hydrogens (tertiary/aromatic N) is 4. The number of amides is 1. The number of methoxy groups -OCH3 is 1. The zero-order chi connectivity index (χ0) is 41.5. The summed E-state index contributed by atoms with van der Waals surface area (Å²) >= 11 is 0. The number of hydrogen-bond donors (Lipinski definition) is 3. The minimum Gasteiger partial charge on any atom is -0.496 e. The lowest BCUT2D eigenvalue weighted by Crippen LogP contribution is -2.66. The van der Waals surface area contributed by atoms with Gasteiger partial charge in [0.05, 0.1) is 19.9 Å². The lowest BCUT2D eigenvalue weighted by atomic mass is 10.0. The van der Waals surface area contributed by atoms with E-state index in [-0.39, 0.29) is 35.4 Å². The van der Waals surface area contributed by atoms with Gasteiger partial charge in [-0.05, 0) is 59.3 Å². The van der Waals surface area contributed by atoms with Gasteiger partial charge in [0, 0.05) is 24.3 Å². The molecule has 1 unspecified atom stereocenters. The molecule has 0 saturated carbocycles. The zero-order valence-electron chi connectivity index (χ0n) is 33.4. The molecule has 1 amide bonds. The number of benzene rings is 3. The molecule has 16 heteroatoms. The van der Waals surface area contributed by atoms with Crippen LogP contribution in [0.5, 0.6) is 5.75 Å². The second-order valence-corrected chi connectivity index (χ2v) is 19.7. The molecule has 3 N–H and O–H groups in total. The van der Waals surface area contributed by atoms with Crippen molar-refractivity contribution in [2.45, 2.75) is 89.6 Å². The molecule has 0 radical (unpaired) electrons. The number of halogens is 3. The van der Waals surface area contributed by atoms with E-state index < -0.39 is 26.6 Å². The number of alkyl halides is 3. The zero-order valence-corrected chi connectivity index (χ0v) is 34.4. The van der Waals surface area contributed by atoms with Crippen molar-refractivity contribution >= 4 is 53.6 Å².